The molecule has 0 spiro atoms. The lowest BCUT2D eigenvalue weighted by atomic mass is 9.86. The largest absolute Gasteiger partial charge is 0.553 e. The number of hydrogen-bond acceptors (Lipinski definition) is 4. The molecule has 0 fully saturated rings. The number of hydrogen-bond donors (Lipinski definition) is 1. The molecule has 1 N–H and O–H groups in total. The molecule has 0 aliphatic rings. The van der Waals surface area contributed by atoms with Gasteiger partial charge in [0.25, 0.3) is 0 Å². The Bertz CT molecular complexity index is 957. The van der Waals surface area contributed by atoms with Crippen LogP contribution in [-0.4, -0.2) is 9.82 Å². The lowest BCUT2D eigenvalue weighted by molar-refractivity contribution is -0.383. The molecule has 2 rings (SSSR count). The zero-order valence-corrected chi connectivity index (χ0v) is 16.5. The molecule has 0 aliphatic carbocycles. The number of nitro benzene ring substituents is 1. The van der Waals surface area contributed by atoms with Gasteiger partial charge >= 0.3 is 25.2 Å². The Morgan fingerprint density at radius 2 is 1.75 bits per heavy atom. The summed E-state index contributed by atoms with van der Waals surface area (Å²) in [7, 11) is -3.07. The highest BCUT2D eigenvalue weighted by Crippen LogP contribution is 2.41. The molecule has 0 saturated carbocycles. The van der Waals surface area contributed by atoms with Gasteiger partial charge in [0.2, 0.25) is 0 Å². The van der Waals surface area contributed by atoms with Gasteiger partial charge < -0.3 is 4.74 Å². The molecule has 0 aromatic heterocycles. The highest BCUT2D eigenvalue weighted by Gasteiger charge is 2.36. The van der Waals surface area contributed by atoms with E-state index in [-0.39, 0.29) is 16.5 Å². The smallest absolute Gasteiger partial charge is 0.455 e. The van der Waals surface area contributed by atoms with E-state index in [4.69, 9.17) is 16.3 Å². The summed E-state index contributed by atoms with van der Waals surface area (Å²) in [5.41, 5.74) is -1.89. The van der Waals surface area contributed by atoms with Gasteiger partial charge in [-0.2, -0.15) is 18.1 Å². The van der Waals surface area contributed by atoms with E-state index in [0.29, 0.717) is 11.6 Å². The first-order chi connectivity index (χ1) is 12.7. The van der Waals surface area contributed by atoms with Crippen LogP contribution in [0.5, 0.6) is 11.5 Å². The van der Waals surface area contributed by atoms with Crippen molar-refractivity contribution in [2.24, 2.45) is 0 Å². The fourth-order valence-electron chi connectivity index (χ4n) is 2.41. The monoisotopic (exact) mass is 436 g/mol. The molecule has 2 aromatic carbocycles. The highest BCUT2D eigenvalue weighted by molar-refractivity contribution is 7.47. The van der Waals surface area contributed by atoms with Crippen LogP contribution in [0.15, 0.2) is 30.3 Å². The van der Waals surface area contributed by atoms with Gasteiger partial charge in [-0.05, 0) is 28.2 Å². The molecular formula is C17H15ClF3NO5P+. The summed E-state index contributed by atoms with van der Waals surface area (Å²) in [6.45, 7) is 5.18. The maximum absolute atomic E-state index is 12.8. The average molecular weight is 437 g/mol. The summed E-state index contributed by atoms with van der Waals surface area (Å²) < 4.78 is 55.5. The third kappa shape index (κ3) is 4.79. The van der Waals surface area contributed by atoms with Crippen molar-refractivity contribution in [2.75, 3.05) is 0 Å². The maximum Gasteiger partial charge on any atom is 0.553 e. The molecule has 0 aliphatic heterocycles. The predicted octanol–water partition coefficient (Wildman–Crippen LogP) is 5.72. The van der Waals surface area contributed by atoms with Gasteiger partial charge in [-0.15, -0.1) is 0 Å². The minimum atomic E-state index is -4.59. The van der Waals surface area contributed by atoms with E-state index in [1.54, 1.807) is 20.8 Å². The van der Waals surface area contributed by atoms with Crippen molar-refractivity contribution in [2.45, 2.75) is 32.4 Å². The summed E-state index contributed by atoms with van der Waals surface area (Å²) in [5, 5.41) is 10.5. The first-order valence-electron chi connectivity index (χ1n) is 7.75. The van der Waals surface area contributed by atoms with Crippen LogP contribution >= 0.6 is 19.6 Å². The van der Waals surface area contributed by atoms with Crippen LogP contribution in [0.3, 0.4) is 0 Å². The Morgan fingerprint density at radius 1 is 1.14 bits per heavy atom. The normalized spacial score (nSPS) is 12.6. The Morgan fingerprint density at radius 3 is 2.18 bits per heavy atom. The second kappa shape index (κ2) is 7.66. The van der Waals surface area contributed by atoms with Crippen molar-refractivity contribution in [1.82, 2.24) is 0 Å². The van der Waals surface area contributed by atoms with Crippen LogP contribution in [0.4, 0.5) is 18.9 Å². The Labute approximate surface area is 163 Å². The Balaban J connectivity index is 2.63. The molecule has 0 radical (unpaired) electrons. The summed E-state index contributed by atoms with van der Waals surface area (Å²) in [6, 6.07) is 4.62. The van der Waals surface area contributed by atoms with Crippen LogP contribution in [0.1, 0.15) is 31.9 Å². The Hall–Kier alpha value is -2.22. The molecule has 0 bridgehead atoms. The van der Waals surface area contributed by atoms with Crippen molar-refractivity contribution < 1.29 is 32.3 Å². The van der Waals surface area contributed by atoms with Gasteiger partial charge in [0, 0.05) is 17.7 Å². The maximum atomic E-state index is 12.8. The van der Waals surface area contributed by atoms with Crippen molar-refractivity contribution in [3.8, 4) is 11.5 Å². The average Bonchev–Trinajstić information content (AvgIpc) is 2.53. The first-order valence-corrected chi connectivity index (χ1v) is 9.34. The van der Waals surface area contributed by atoms with Crippen LogP contribution in [0.25, 0.3) is 0 Å². The van der Waals surface area contributed by atoms with E-state index >= 15 is 0 Å². The highest BCUT2D eigenvalue weighted by atomic mass is 35.5. The summed E-state index contributed by atoms with van der Waals surface area (Å²) in [5.74, 6) is -0.153. The molecule has 28 heavy (non-hydrogen) atoms. The lowest BCUT2D eigenvalue weighted by Gasteiger charge is -2.22. The fourth-order valence-corrected chi connectivity index (χ4v) is 3.20. The van der Waals surface area contributed by atoms with Crippen molar-refractivity contribution in [1.29, 1.82) is 0 Å². The summed E-state index contributed by atoms with van der Waals surface area (Å²) >= 11 is 5.90. The second-order valence-corrected chi connectivity index (χ2v) is 8.30. The third-order valence-corrected chi connectivity index (χ3v) is 4.83. The SMILES string of the molecule is CC(C)(C)c1cc([N+](=O)[O-])c([P+](=O)O)cc1Oc1ccc(C(F)(F)F)cc1Cl. The number of halogens is 4. The topological polar surface area (TPSA) is 89.7 Å². The molecule has 0 saturated heterocycles. The van der Waals surface area contributed by atoms with Crippen LogP contribution in [0, 0.1) is 10.1 Å². The van der Waals surface area contributed by atoms with Gasteiger partial charge in [-0.25, -0.2) is 0 Å². The van der Waals surface area contributed by atoms with Crippen molar-refractivity contribution >= 4 is 30.6 Å². The zero-order chi connectivity index (χ0) is 21.4. The van der Waals surface area contributed by atoms with E-state index in [0.717, 1.165) is 24.3 Å². The van der Waals surface area contributed by atoms with E-state index in [2.05, 4.69) is 0 Å². The van der Waals surface area contributed by atoms with Crippen molar-refractivity contribution in [3.63, 3.8) is 0 Å². The van der Waals surface area contributed by atoms with E-state index in [9.17, 15) is 32.7 Å². The molecule has 2 aromatic rings. The number of ether oxygens (including phenoxy) is 1. The van der Waals surface area contributed by atoms with E-state index < -0.39 is 41.1 Å². The quantitative estimate of drug-likeness (QED) is 0.376. The Kier molecular flexibility index (Phi) is 6.04. The van der Waals surface area contributed by atoms with Crippen LogP contribution in [-0.2, 0) is 16.2 Å². The number of benzene rings is 2. The molecule has 0 amide bonds. The molecular weight excluding hydrogens is 422 g/mol. The third-order valence-electron chi connectivity index (χ3n) is 3.77. The molecule has 6 nitrogen and oxygen atoms in total. The fraction of sp³-hybridized carbons (Fsp3) is 0.294. The standard InChI is InChI=1S/C17H14ClF3NO5P/c1-16(2,3)10-7-12(22(23)24)15(28(25)26)8-14(10)27-13-5-4-9(6-11(13)18)17(19,20)21/h4-8H,1-3H3/p+1. The van der Waals surface area contributed by atoms with Gasteiger partial charge in [0.15, 0.2) is 0 Å². The van der Waals surface area contributed by atoms with E-state index in [1.807, 2.05) is 0 Å². The van der Waals surface area contributed by atoms with Crippen molar-refractivity contribution in [3.05, 3.63) is 56.6 Å². The predicted molar refractivity (Wildman–Crippen MR) is 97.8 cm³/mol. The van der Waals surface area contributed by atoms with Crippen LogP contribution < -0.4 is 10.0 Å². The van der Waals surface area contributed by atoms with E-state index in [1.165, 1.54) is 0 Å². The summed E-state index contributed by atoms with van der Waals surface area (Å²) in [4.78, 5) is 19.9. The van der Waals surface area contributed by atoms with Crippen LogP contribution in [0.2, 0.25) is 5.02 Å². The number of rotatable bonds is 4. The second-order valence-electron chi connectivity index (χ2n) is 6.86. The van der Waals surface area contributed by atoms with Gasteiger partial charge in [0.05, 0.1) is 15.5 Å². The number of nitro groups is 1. The van der Waals surface area contributed by atoms with Gasteiger partial charge in [0.1, 0.15) is 11.5 Å². The molecule has 1 unspecified atom stereocenters. The lowest BCUT2D eigenvalue weighted by Crippen LogP contribution is -2.16. The minimum Gasteiger partial charge on any atom is -0.455 e. The summed E-state index contributed by atoms with van der Waals surface area (Å²) in [6.07, 6.45) is -4.59. The van der Waals surface area contributed by atoms with Gasteiger partial charge in [-0.1, -0.05) is 32.4 Å². The number of nitrogens with zero attached hydrogens (tertiary/aromatic N) is 1. The molecule has 0 heterocycles. The first kappa shape index (κ1) is 22.1. The zero-order valence-electron chi connectivity index (χ0n) is 14.9. The minimum absolute atomic E-state index is 0.0211. The molecule has 11 heteroatoms. The van der Waals surface area contributed by atoms with Gasteiger partial charge in [-0.3, -0.25) is 10.1 Å². The molecule has 1 atom stereocenters. The number of alkyl halides is 3. The molecule has 150 valence electrons.